The van der Waals surface area contributed by atoms with Crippen molar-refractivity contribution in [3.63, 3.8) is 0 Å². The van der Waals surface area contributed by atoms with Gasteiger partial charge in [0.05, 0.1) is 11.1 Å². The van der Waals surface area contributed by atoms with Crippen molar-refractivity contribution in [1.29, 1.82) is 0 Å². The molecule has 0 aromatic heterocycles. The van der Waals surface area contributed by atoms with Gasteiger partial charge in [-0.05, 0) is 39.0 Å². The summed E-state index contributed by atoms with van der Waals surface area (Å²) in [7, 11) is 0. The minimum Gasteiger partial charge on any atom is -0.478 e. The van der Waals surface area contributed by atoms with E-state index in [1.807, 2.05) is 0 Å². The number of rotatable bonds is 2. The minimum atomic E-state index is -4.55. The Labute approximate surface area is 103 Å². The van der Waals surface area contributed by atoms with Gasteiger partial charge >= 0.3 is 12.1 Å². The fourth-order valence-corrected chi connectivity index (χ4v) is 1.41. The Balaban J connectivity index is 3.26. The second-order valence-electron chi connectivity index (χ2n) is 4.94. The average molecular weight is 261 g/mol. The second kappa shape index (κ2) is 4.51. The molecule has 0 aliphatic rings. The van der Waals surface area contributed by atoms with Gasteiger partial charge in [0.25, 0.3) is 0 Å². The molecule has 3 nitrogen and oxygen atoms in total. The Kier molecular flexibility index (Phi) is 3.59. The number of aromatic carboxylic acids is 1. The second-order valence-corrected chi connectivity index (χ2v) is 4.94. The molecule has 2 N–H and O–H groups in total. The standard InChI is InChI=1S/C12H14F3NO2/c1-11(2,3)16-9-5-4-7(12(13,14)15)6-8(9)10(17)18/h4-6,16H,1-3H3,(H,17,18). The zero-order chi connectivity index (χ0) is 14.1. The van der Waals surface area contributed by atoms with E-state index < -0.39 is 23.2 Å². The summed E-state index contributed by atoms with van der Waals surface area (Å²) in [5.41, 5.74) is -1.63. The number of alkyl halides is 3. The zero-order valence-corrected chi connectivity index (χ0v) is 10.2. The van der Waals surface area contributed by atoms with Gasteiger partial charge in [-0.25, -0.2) is 4.79 Å². The molecule has 1 aromatic carbocycles. The Bertz CT molecular complexity index is 461. The van der Waals surface area contributed by atoms with E-state index in [0.717, 1.165) is 12.1 Å². The normalized spacial score (nSPS) is 12.3. The molecule has 100 valence electrons. The summed E-state index contributed by atoms with van der Waals surface area (Å²) in [5, 5.41) is 11.8. The molecule has 0 aliphatic heterocycles. The highest BCUT2D eigenvalue weighted by Crippen LogP contribution is 2.32. The highest BCUT2D eigenvalue weighted by atomic mass is 19.4. The van der Waals surface area contributed by atoms with Gasteiger partial charge in [0, 0.05) is 11.2 Å². The number of hydrogen-bond acceptors (Lipinski definition) is 2. The van der Waals surface area contributed by atoms with Crippen molar-refractivity contribution in [3.05, 3.63) is 29.3 Å². The van der Waals surface area contributed by atoms with Crippen molar-refractivity contribution >= 4 is 11.7 Å². The van der Waals surface area contributed by atoms with Crippen molar-refractivity contribution in [1.82, 2.24) is 0 Å². The van der Waals surface area contributed by atoms with E-state index in [4.69, 9.17) is 5.11 Å². The molecule has 0 heterocycles. The average Bonchev–Trinajstić information content (AvgIpc) is 2.13. The molecule has 1 rings (SSSR count). The highest BCUT2D eigenvalue weighted by molar-refractivity contribution is 5.94. The number of carboxylic acids is 1. The predicted octanol–water partition coefficient (Wildman–Crippen LogP) is 3.61. The third-order valence-corrected chi connectivity index (χ3v) is 2.09. The maximum Gasteiger partial charge on any atom is 0.416 e. The van der Waals surface area contributed by atoms with Gasteiger partial charge in [0.15, 0.2) is 0 Å². The van der Waals surface area contributed by atoms with Gasteiger partial charge in [0.2, 0.25) is 0 Å². The number of benzene rings is 1. The van der Waals surface area contributed by atoms with Gasteiger partial charge in [0.1, 0.15) is 0 Å². The smallest absolute Gasteiger partial charge is 0.416 e. The molecule has 0 atom stereocenters. The Morgan fingerprint density at radius 3 is 2.17 bits per heavy atom. The molecule has 0 unspecified atom stereocenters. The van der Waals surface area contributed by atoms with Crippen LogP contribution in [0.25, 0.3) is 0 Å². The van der Waals surface area contributed by atoms with Crippen LogP contribution in [0.1, 0.15) is 36.7 Å². The number of halogens is 3. The molecule has 0 amide bonds. The Hall–Kier alpha value is -1.72. The van der Waals surface area contributed by atoms with E-state index in [1.165, 1.54) is 0 Å². The first kappa shape index (κ1) is 14.3. The van der Waals surface area contributed by atoms with Crippen LogP contribution >= 0.6 is 0 Å². The van der Waals surface area contributed by atoms with Crippen LogP contribution in [0.3, 0.4) is 0 Å². The Morgan fingerprint density at radius 1 is 1.22 bits per heavy atom. The number of carbonyl (C=O) groups is 1. The van der Waals surface area contributed by atoms with E-state index in [9.17, 15) is 18.0 Å². The van der Waals surface area contributed by atoms with Crippen LogP contribution in [0.2, 0.25) is 0 Å². The molecule has 0 radical (unpaired) electrons. The molecule has 0 aliphatic carbocycles. The third kappa shape index (κ3) is 3.65. The number of hydrogen-bond donors (Lipinski definition) is 2. The SMILES string of the molecule is CC(C)(C)Nc1ccc(C(F)(F)F)cc1C(=O)O. The minimum absolute atomic E-state index is 0.169. The maximum atomic E-state index is 12.5. The van der Waals surface area contributed by atoms with Crippen LogP contribution in [0.15, 0.2) is 18.2 Å². The van der Waals surface area contributed by atoms with Gasteiger partial charge in [-0.1, -0.05) is 0 Å². The first-order valence-electron chi connectivity index (χ1n) is 5.23. The van der Waals surface area contributed by atoms with Gasteiger partial charge < -0.3 is 10.4 Å². The van der Waals surface area contributed by atoms with Crippen molar-refractivity contribution in [2.75, 3.05) is 5.32 Å². The fraction of sp³-hybridized carbons (Fsp3) is 0.417. The number of carboxylic acid groups (broad SMARTS) is 1. The molecular weight excluding hydrogens is 247 g/mol. The van der Waals surface area contributed by atoms with Crippen LogP contribution in [0, 0.1) is 0 Å². The summed E-state index contributed by atoms with van der Waals surface area (Å²) in [6.45, 7) is 5.36. The molecule has 0 bridgehead atoms. The first-order valence-corrected chi connectivity index (χ1v) is 5.23. The summed E-state index contributed by atoms with van der Waals surface area (Å²) in [4.78, 5) is 11.0. The topological polar surface area (TPSA) is 49.3 Å². The van der Waals surface area contributed by atoms with Crippen LogP contribution in [-0.2, 0) is 6.18 Å². The summed E-state index contributed by atoms with van der Waals surface area (Å²) in [5.74, 6) is -1.40. The zero-order valence-electron chi connectivity index (χ0n) is 10.2. The van der Waals surface area contributed by atoms with Crippen LogP contribution in [-0.4, -0.2) is 16.6 Å². The van der Waals surface area contributed by atoms with Crippen LogP contribution in [0.4, 0.5) is 18.9 Å². The molecule has 1 aromatic rings. The summed E-state index contributed by atoms with van der Waals surface area (Å²) in [6.07, 6.45) is -4.55. The fourth-order valence-electron chi connectivity index (χ4n) is 1.41. The lowest BCUT2D eigenvalue weighted by Crippen LogP contribution is -2.27. The van der Waals surface area contributed by atoms with Gasteiger partial charge in [-0.15, -0.1) is 0 Å². The first-order chi connectivity index (χ1) is 8.00. The van der Waals surface area contributed by atoms with E-state index >= 15 is 0 Å². The van der Waals surface area contributed by atoms with Crippen LogP contribution < -0.4 is 5.32 Å². The third-order valence-electron chi connectivity index (χ3n) is 2.09. The van der Waals surface area contributed by atoms with Crippen molar-refractivity contribution in [3.8, 4) is 0 Å². The maximum absolute atomic E-state index is 12.5. The van der Waals surface area contributed by atoms with Crippen molar-refractivity contribution in [2.24, 2.45) is 0 Å². The molecule has 18 heavy (non-hydrogen) atoms. The predicted molar refractivity (Wildman–Crippen MR) is 61.8 cm³/mol. The molecule has 0 saturated carbocycles. The van der Waals surface area contributed by atoms with Crippen molar-refractivity contribution < 1.29 is 23.1 Å². The lowest BCUT2D eigenvalue weighted by Gasteiger charge is -2.23. The molecule has 0 fully saturated rings. The summed E-state index contributed by atoms with van der Waals surface area (Å²) < 4.78 is 37.5. The van der Waals surface area contributed by atoms with Gasteiger partial charge in [-0.2, -0.15) is 13.2 Å². The monoisotopic (exact) mass is 261 g/mol. The van der Waals surface area contributed by atoms with E-state index in [2.05, 4.69) is 5.32 Å². The Morgan fingerprint density at radius 2 is 1.78 bits per heavy atom. The van der Waals surface area contributed by atoms with Crippen molar-refractivity contribution in [2.45, 2.75) is 32.5 Å². The largest absolute Gasteiger partial charge is 0.478 e. The van der Waals surface area contributed by atoms with Gasteiger partial charge in [-0.3, -0.25) is 0 Å². The van der Waals surface area contributed by atoms with E-state index in [1.54, 1.807) is 20.8 Å². The van der Waals surface area contributed by atoms with E-state index in [-0.39, 0.29) is 11.3 Å². The number of nitrogens with one attached hydrogen (secondary N) is 1. The quantitative estimate of drug-likeness (QED) is 0.854. The summed E-state index contributed by atoms with van der Waals surface area (Å²) in [6, 6.07) is 2.63. The lowest BCUT2D eigenvalue weighted by molar-refractivity contribution is -0.137. The lowest BCUT2D eigenvalue weighted by atomic mass is 10.0. The molecule has 0 saturated heterocycles. The number of anilines is 1. The summed E-state index contributed by atoms with van der Waals surface area (Å²) >= 11 is 0. The van der Waals surface area contributed by atoms with Crippen LogP contribution in [0.5, 0.6) is 0 Å². The molecule has 6 heteroatoms. The molecular formula is C12H14F3NO2. The molecule has 0 spiro atoms. The van der Waals surface area contributed by atoms with E-state index in [0.29, 0.717) is 6.07 Å². The highest BCUT2D eigenvalue weighted by Gasteiger charge is 2.32.